The van der Waals surface area contributed by atoms with E-state index < -0.39 is 0 Å². The summed E-state index contributed by atoms with van der Waals surface area (Å²) in [6.45, 7) is 0. The van der Waals surface area contributed by atoms with Crippen molar-refractivity contribution in [1.82, 2.24) is 19.9 Å². The molecule has 0 saturated heterocycles. The number of benzene rings is 12. The third-order valence-corrected chi connectivity index (χ3v) is 14.5. The van der Waals surface area contributed by atoms with Crippen LogP contribution in [-0.2, 0) is 0 Å². The summed E-state index contributed by atoms with van der Waals surface area (Å²) in [5.41, 5.74) is 14.4. The molecule has 0 aliphatic rings. The van der Waals surface area contributed by atoms with E-state index in [1.807, 2.05) is 0 Å². The minimum atomic E-state index is 0.703. The van der Waals surface area contributed by atoms with Gasteiger partial charge in [-0.3, -0.25) is 0 Å². The molecule has 2 heterocycles. The molecule has 0 spiro atoms. The maximum atomic E-state index is 5.29. The van der Waals surface area contributed by atoms with Crippen LogP contribution in [0.2, 0.25) is 0 Å². The van der Waals surface area contributed by atoms with Crippen LogP contribution >= 0.6 is 0 Å². The van der Waals surface area contributed by atoms with Crippen molar-refractivity contribution in [1.29, 1.82) is 0 Å². The lowest BCUT2D eigenvalue weighted by atomic mass is 9.92. The summed E-state index contributed by atoms with van der Waals surface area (Å²) in [6.07, 6.45) is 0. The molecule has 0 amide bonds. The van der Waals surface area contributed by atoms with Gasteiger partial charge in [0, 0.05) is 33.4 Å². The second-order valence-electron chi connectivity index (χ2n) is 18.9. The van der Waals surface area contributed by atoms with Crippen molar-refractivity contribution in [3.63, 3.8) is 0 Å². The van der Waals surface area contributed by atoms with Crippen LogP contribution in [0.3, 0.4) is 0 Å². The van der Waals surface area contributed by atoms with E-state index in [0.29, 0.717) is 11.6 Å². The molecule has 0 unspecified atom stereocenters. The van der Waals surface area contributed by atoms with Crippen molar-refractivity contribution >= 4 is 53.9 Å². The maximum Gasteiger partial charge on any atom is 0.161 e. The van der Waals surface area contributed by atoms with Crippen LogP contribution in [0.25, 0.3) is 144 Å². The van der Waals surface area contributed by atoms with E-state index in [4.69, 9.17) is 19.9 Å². The van der Waals surface area contributed by atoms with E-state index in [2.05, 4.69) is 267 Å². The Morgan fingerprint density at radius 1 is 0.176 bits per heavy atom. The van der Waals surface area contributed by atoms with E-state index in [0.717, 1.165) is 99.6 Å². The summed E-state index contributed by atoms with van der Waals surface area (Å²) in [7, 11) is 0. The number of fused-ring (bicyclic) bond motifs is 5. The molecule has 4 heteroatoms. The van der Waals surface area contributed by atoms with Crippen molar-refractivity contribution in [3.8, 4) is 90.1 Å². The van der Waals surface area contributed by atoms with Gasteiger partial charge in [-0.2, -0.15) is 0 Å². The Morgan fingerprint density at radius 2 is 0.432 bits per heavy atom. The van der Waals surface area contributed by atoms with Crippen molar-refractivity contribution in [2.45, 2.75) is 0 Å². The Labute approximate surface area is 428 Å². The molecule has 0 bridgehead atoms. The molecule has 0 aliphatic carbocycles. The first-order valence-electron chi connectivity index (χ1n) is 25.1. The molecule has 14 rings (SSSR count). The van der Waals surface area contributed by atoms with Gasteiger partial charge in [-0.25, -0.2) is 19.9 Å². The lowest BCUT2D eigenvalue weighted by molar-refractivity contribution is 1.19. The zero-order valence-corrected chi connectivity index (χ0v) is 40.2. The predicted molar refractivity (Wildman–Crippen MR) is 309 cm³/mol. The Bertz CT molecular complexity index is 3980. The van der Waals surface area contributed by atoms with Gasteiger partial charge in [-0.1, -0.05) is 255 Å². The number of rotatable bonds is 8. The van der Waals surface area contributed by atoms with Crippen LogP contribution in [0, 0.1) is 0 Å². The first-order valence-corrected chi connectivity index (χ1v) is 25.1. The largest absolute Gasteiger partial charge is 0.228 e. The fourth-order valence-electron chi connectivity index (χ4n) is 10.9. The van der Waals surface area contributed by atoms with E-state index >= 15 is 0 Å². The molecular weight excluding hydrogens is 897 g/mol. The number of nitrogens with zero attached hydrogens (tertiary/aromatic N) is 4. The fraction of sp³-hybridized carbons (Fsp3) is 0. The van der Waals surface area contributed by atoms with Crippen LogP contribution < -0.4 is 0 Å². The average Bonchev–Trinajstić information content (AvgIpc) is 3.48. The van der Waals surface area contributed by atoms with Gasteiger partial charge in [0.25, 0.3) is 0 Å². The van der Waals surface area contributed by atoms with Crippen molar-refractivity contribution in [2.75, 3.05) is 0 Å². The Morgan fingerprint density at radius 3 is 0.811 bits per heavy atom. The summed E-state index contributed by atoms with van der Waals surface area (Å²) in [5, 5.41) is 11.6. The summed E-state index contributed by atoms with van der Waals surface area (Å²) >= 11 is 0. The van der Waals surface area contributed by atoms with Crippen LogP contribution in [0.5, 0.6) is 0 Å². The minimum Gasteiger partial charge on any atom is -0.228 e. The first kappa shape index (κ1) is 42.9. The maximum absolute atomic E-state index is 5.29. The minimum absolute atomic E-state index is 0.703. The highest BCUT2D eigenvalue weighted by molar-refractivity contribution is 6.05. The highest BCUT2D eigenvalue weighted by atomic mass is 14.9. The first-order chi connectivity index (χ1) is 36.7. The molecule has 12 aromatic carbocycles. The van der Waals surface area contributed by atoms with Gasteiger partial charge in [0.1, 0.15) is 0 Å². The highest BCUT2D eigenvalue weighted by Crippen LogP contribution is 2.40. The monoisotopic (exact) mass is 940 g/mol. The predicted octanol–water partition coefficient (Wildman–Crippen LogP) is 18.4. The molecule has 14 aromatic rings. The Kier molecular flexibility index (Phi) is 10.5. The fourth-order valence-corrected chi connectivity index (χ4v) is 10.9. The summed E-state index contributed by atoms with van der Waals surface area (Å²) in [4.78, 5) is 21.2. The second kappa shape index (κ2) is 18.1. The van der Waals surface area contributed by atoms with Crippen molar-refractivity contribution < 1.29 is 0 Å². The Balaban J connectivity index is 0.827. The normalized spacial score (nSPS) is 11.5. The molecule has 0 saturated carbocycles. The molecule has 2 aromatic heterocycles. The molecule has 0 radical (unpaired) electrons. The van der Waals surface area contributed by atoms with Gasteiger partial charge in [0.2, 0.25) is 0 Å². The number of hydrogen-bond acceptors (Lipinski definition) is 4. The molecule has 4 nitrogen and oxygen atoms in total. The van der Waals surface area contributed by atoms with Crippen LogP contribution in [-0.4, -0.2) is 19.9 Å². The van der Waals surface area contributed by atoms with Gasteiger partial charge < -0.3 is 0 Å². The number of aromatic nitrogens is 4. The zero-order chi connectivity index (χ0) is 49.0. The van der Waals surface area contributed by atoms with Gasteiger partial charge in [-0.15, -0.1) is 0 Å². The van der Waals surface area contributed by atoms with Gasteiger partial charge in [0.15, 0.2) is 11.6 Å². The third kappa shape index (κ3) is 7.65. The Hall–Kier alpha value is -9.90. The lowest BCUT2D eigenvalue weighted by Gasteiger charge is -2.14. The average molecular weight is 941 g/mol. The van der Waals surface area contributed by atoms with E-state index in [1.54, 1.807) is 0 Å². The zero-order valence-electron chi connectivity index (χ0n) is 40.2. The SMILES string of the molecule is c1ccc2c(-c3cc(-c4ccc(-c5cccc6c(-c7ccc(-c8cc(-c9cccc%10ccccc9%10)nc(-c9cccc%10ccccc9%10)n8)cc7)cccc56)cc4)nc(-c4cccc5ccccc45)n3)cccc2c1. The van der Waals surface area contributed by atoms with Gasteiger partial charge in [-0.05, 0) is 88.2 Å². The molecule has 0 N–H and O–H groups in total. The molecule has 0 fully saturated rings. The van der Waals surface area contributed by atoms with E-state index in [9.17, 15) is 0 Å². The van der Waals surface area contributed by atoms with Crippen molar-refractivity contribution in [2.24, 2.45) is 0 Å². The standard InChI is InChI=1S/C70H44N4/c1-5-23-55-45(15-1)19-9-31-61(55)67-43-65(71-69(73-67)63-33-11-21-47-17-3-7-25-57(47)63)51-39-35-49(36-40-51)53-27-13-30-60-54(28-14-29-59(53)60)50-37-41-52(42-38-50)66-44-68(62-32-10-20-46-16-2-6-24-56(46)62)74-70(72-66)64-34-12-22-48-18-4-8-26-58(48)64/h1-44H. The molecule has 0 aliphatic heterocycles. The van der Waals surface area contributed by atoms with Crippen LogP contribution in [0.4, 0.5) is 0 Å². The quantitative estimate of drug-likeness (QED) is 0.152. The third-order valence-electron chi connectivity index (χ3n) is 14.5. The van der Waals surface area contributed by atoms with E-state index in [1.165, 1.54) is 32.7 Å². The molecular formula is C70H44N4. The van der Waals surface area contributed by atoms with Gasteiger partial charge in [0.05, 0.1) is 22.8 Å². The van der Waals surface area contributed by atoms with E-state index in [-0.39, 0.29) is 0 Å². The highest BCUT2D eigenvalue weighted by Gasteiger charge is 2.18. The van der Waals surface area contributed by atoms with Gasteiger partial charge >= 0.3 is 0 Å². The van der Waals surface area contributed by atoms with Crippen LogP contribution in [0.1, 0.15) is 0 Å². The summed E-state index contributed by atoms with van der Waals surface area (Å²) < 4.78 is 0. The second-order valence-corrected chi connectivity index (χ2v) is 18.9. The molecule has 74 heavy (non-hydrogen) atoms. The topological polar surface area (TPSA) is 51.6 Å². The molecule has 0 atom stereocenters. The number of hydrogen-bond donors (Lipinski definition) is 0. The smallest absolute Gasteiger partial charge is 0.161 e. The summed E-state index contributed by atoms with van der Waals surface area (Å²) in [5.74, 6) is 1.41. The van der Waals surface area contributed by atoms with Crippen molar-refractivity contribution in [3.05, 3.63) is 267 Å². The molecule has 344 valence electrons. The summed E-state index contributed by atoms with van der Waals surface area (Å²) in [6, 6.07) is 94.8. The lowest BCUT2D eigenvalue weighted by Crippen LogP contribution is -1.97. The van der Waals surface area contributed by atoms with Crippen LogP contribution in [0.15, 0.2) is 267 Å².